The Hall–Kier alpha value is -2.57. The van der Waals surface area contributed by atoms with E-state index in [4.69, 9.17) is 11.6 Å². The van der Waals surface area contributed by atoms with Crippen LogP contribution < -0.4 is 5.56 Å². The predicted molar refractivity (Wildman–Crippen MR) is 105 cm³/mol. The van der Waals surface area contributed by atoms with Crippen molar-refractivity contribution in [2.24, 2.45) is 0 Å². The Bertz CT molecular complexity index is 1110. The molecule has 2 aromatic heterocycles. The number of nitrogens with zero attached hydrogens (tertiary/aromatic N) is 3. The summed E-state index contributed by atoms with van der Waals surface area (Å²) in [5.41, 5.74) is 2.30. The van der Waals surface area contributed by atoms with Crippen LogP contribution in [0.4, 0.5) is 0 Å². The number of fused-ring (bicyclic) bond motifs is 1. The molecule has 7 heteroatoms. The molecule has 0 fully saturated rings. The van der Waals surface area contributed by atoms with Crippen molar-refractivity contribution in [2.45, 2.75) is 17.3 Å². The SMILES string of the molecule is CC(Sc1nc2c(cnn2-c2ccc(Cl)cc2)c(=O)[nH]1)c1ccccc1. The highest BCUT2D eigenvalue weighted by Crippen LogP contribution is 2.32. The Morgan fingerprint density at radius 3 is 2.58 bits per heavy atom. The van der Waals surface area contributed by atoms with Crippen LogP contribution in [0.15, 0.2) is 70.7 Å². The Balaban J connectivity index is 1.74. The van der Waals surface area contributed by atoms with Crippen molar-refractivity contribution >= 4 is 34.4 Å². The summed E-state index contributed by atoms with van der Waals surface area (Å²) in [5, 5.41) is 6.13. The number of nitrogens with one attached hydrogen (secondary N) is 1. The molecule has 0 saturated carbocycles. The van der Waals surface area contributed by atoms with E-state index in [0.29, 0.717) is 21.2 Å². The zero-order chi connectivity index (χ0) is 18.1. The van der Waals surface area contributed by atoms with E-state index < -0.39 is 0 Å². The Kier molecular flexibility index (Phi) is 4.53. The molecule has 2 aromatic carbocycles. The lowest BCUT2D eigenvalue weighted by atomic mass is 10.2. The van der Waals surface area contributed by atoms with Gasteiger partial charge >= 0.3 is 0 Å². The van der Waals surface area contributed by atoms with Gasteiger partial charge in [-0.15, -0.1) is 0 Å². The summed E-state index contributed by atoms with van der Waals surface area (Å²) in [6.07, 6.45) is 1.53. The minimum atomic E-state index is -0.196. The molecule has 0 spiro atoms. The highest BCUT2D eigenvalue weighted by atomic mass is 35.5. The van der Waals surface area contributed by atoms with E-state index in [1.807, 2.05) is 30.3 Å². The van der Waals surface area contributed by atoms with Crippen molar-refractivity contribution in [3.05, 3.63) is 81.7 Å². The number of hydrogen-bond donors (Lipinski definition) is 1. The second kappa shape index (κ2) is 6.97. The second-order valence-electron chi connectivity index (χ2n) is 5.81. The highest BCUT2D eigenvalue weighted by molar-refractivity contribution is 7.99. The molecular weight excluding hydrogens is 368 g/mol. The molecule has 0 radical (unpaired) electrons. The molecule has 0 aliphatic heterocycles. The molecule has 0 aliphatic rings. The number of rotatable bonds is 4. The molecule has 4 aromatic rings. The van der Waals surface area contributed by atoms with E-state index in [9.17, 15) is 4.79 Å². The van der Waals surface area contributed by atoms with Crippen molar-refractivity contribution in [3.8, 4) is 5.69 Å². The van der Waals surface area contributed by atoms with E-state index in [2.05, 4.69) is 34.1 Å². The standard InChI is InChI=1S/C19H15ClN4OS/c1-12(13-5-3-2-4-6-13)26-19-22-17-16(18(25)23-19)11-21-24(17)15-9-7-14(20)8-10-15/h2-12H,1H3,(H,22,23,25). The van der Waals surface area contributed by atoms with Gasteiger partial charge in [0, 0.05) is 10.3 Å². The van der Waals surface area contributed by atoms with Crippen LogP contribution in [-0.4, -0.2) is 19.7 Å². The van der Waals surface area contributed by atoms with Gasteiger partial charge in [-0.1, -0.05) is 53.7 Å². The molecule has 0 aliphatic carbocycles. The maximum absolute atomic E-state index is 12.4. The summed E-state index contributed by atoms with van der Waals surface area (Å²) in [5.74, 6) is 0. The van der Waals surface area contributed by atoms with E-state index in [0.717, 1.165) is 5.69 Å². The van der Waals surface area contributed by atoms with Gasteiger partial charge in [0.15, 0.2) is 10.8 Å². The fourth-order valence-corrected chi connectivity index (χ4v) is 3.73. The Morgan fingerprint density at radius 2 is 1.85 bits per heavy atom. The van der Waals surface area contributed by atoms with Gasteiger partial charge in [0.25, 0.3) is 5.56 Å². The highest BCUT2D eigenvalue weighted by Gasteiger charge is 2.14. The molecule has 1 atom stereocenters. The Morgan fingerprint density at radius 1 is 1.12 bits per heavy atom. The van der Waals surface area contributed by atoms with E-state index in [1.54, 1.807) is 16.8 Å². The van der Waals surface area contributed by atoms with Gasteiger partial charge in [-0.05, 0) is 36.8 Å². The summed E-state index contributed by atoms with van der Waals surface area (Å²) in [4.78, 5) is 19.9. The predicted octanol–water partition coefficient (Wildman–Crippen LogP) is 4.62. The van der Waals surface area contributed by atoms with E-state index in [-0.39, 0.29) is 10.8 Å². The third-order valence-electron chi connectivity index (χ3n) is 4.04. The number of aromatic nitrogens is 4. The summed E-state index contributed by atoms with van der Waals surface area (Å²) in [7, 11) is 0. The van der Waals surface area contributed by atoms with Crippen molar-refractivity contribution in [3.63, 3.8) is 0 Å². The molecule has 0 amide bonds. The average molecular weight is 383 g/mol. The molecule has 5 nitrogen and oxygen atoms in total. The van der Waals surface area contributed by atoms with Gasteiger partial charge in [-0.25, -0.2) is 9.67 Å². The minimum Gasteiger partial charge on any atom is -0.301 e. The van der Waals surface area contributed by atoms with Crippen LogP contribution in [-0.2, 0) is 0 Å². The summed E-state index contributed by atoms with van der Waals surface area (Å²) >= 11 is 7.46. The smallest absolute Gasteiger partial charge is 0.262 e. The van der Waals surface area contributed by atoms with Crippen LogP contribution in [0.25, 0.3) is 16.7 Å². The number of hydrogen-bond acceptors (Lipinski definition) is 4. The van der Waals surface area contributed by atoms with Gasteiger partial charge in [0.05, 0.1) is 11.9 Å². The van der Waals surface area contributed by atoms with Crippen molar-refractivity contribution in [1.29, 1.82) is 0 Å². The first-order valence-corrected chi connectivity index (χ1v) is 9.33. The fourth-order valence-electron chi connectivity index (χ4n) is 2.68. The summed E-state index contributed by atoms with van der Waals surface area (Å²) < 4.78 is 1.65. The molecule has 0 saturated heterocycles. The molecule has 0 bridgehead atoms. The summed E-state index contributed by atoms with van der Waals surface area (Å²) in [6.45, 7) is 2.08. The van der Waals surface area contributed by atoms with Crippen molar-refractivity contribution in [2.75, 3.05) is 0 Å². The third kappa shape index (κ3) is 3.25. The van der Waals surface area contributed by atoms with Gasteiger partial charge in [0.2, 0.25) is 0 Å². The third-order valence-corrected chi connectivity index (χ3v) is 5.34. The van der Waals surface area contributed by atoms with Crippen LogP contribution >= 0.6 is 23.4 Å². The van der Waals surface area contributed by atoms with Crippen LogP contribution in [0.3, 0.4) is 0 Å². The second-order valence-corrected chi connectivity index (χ2v) is 7.58. The summed E-state index contributed by atoms with van der Waals surface area (Å²) in [6, 6.07) is 17.4. The monoisotopic (exact) mass is 382 g/mol. The molecule has 4 rings (SSSR count). The number of H-pyrrole nitrogens is 1. The fraction of sp³-hybridized carbons (Fsp3) is 0.105. The van der Waals surface area contributed by atoms with Gasteiger partial charge < -0.3 is 4.98 Å². The first-order valence-electron chi connectivity index (χ1n) is 8.07. The first kappa shape index (κ1) is 16.9. The molecule has 130 valence electrons. The molecule has 1 unspecified atom stereocenters. The number of aromatic amines is 1. The van der Waals surface area contributed by atoms with Crippen LogP contribution in [0, 0.1) is 0 Å². The van der Waals surface area contributed by atoms with Gasteiger partial charge in [0.1, 0.15) is 5.39 Å². The lowest BCUT2D eigenvalue weighted by Gasteiger charge is -2.11. The zero-order valence-corrected chi connectivity index (χ0v) is 15.5. The van der Waals surface area contributed by atoms with E-state index in [1.165, 1.54) is 23.5 Å². The quantitative estimate of drug-likeness (QED) is 0.413. The molecule has 26 heavy (non-hydrogen) atoms. The minimum absolute atomic E-state index is 0.156. The van der Waals surface area contributed by atoms with Crippen molar-refractivity contribution < 1.29 is 0 Å². The first-order chi connectivity index (χ1) is 12.6. The van der Waals surface area contributed by atoms with Crippen LogP contribution in [0.5, 0.6) is 0 Å². The maximum Gasteiger partial charge on any atom is 0.262 e. The number of halogens is 1. The van der Waals surface area contributed by atoms with Gasteiger partial charge in [-0.2, -0.15) is 5.10 Å². The number of benzene rings is 2. The lowest BCUT2D eigenvalue weighted by Crippen LogP contribution is -2.10. The van der Waals surface area contributed by atoms with E-state index >= 15 is 0 Å². The number of thioether (sulfide) groups is 1. The van der Waals surface area contributed by atoms with Crippen molar-refractivity contribution in [1.82, 2.24) is 19.7 Å². The zero-order valence-electron chi connectivity index (χ0n) is 13.9. The lowest BCUT2D eigenvalue weighted by molar-refractivity contribution is 0.871. The van der Waals surface area contributed by atoms with Crippen LogP contribution in [0.2, 0.25) is 5.02 Å². The Labute approximate surface area is 159 Å². The van der Waals surface area contributed by atoms with Gasteiger partial charge in [-0.3, -0.25) is 4.79 Å². The maximum atomic E-state index is 12.4. The molecular formula is C19H15ClN4OS. The topological polar surface area (TPSA) is 63.6 Å². The molecule has 1 N–H and O–H groups in total. The average Bonchev–Trinajstić information content (AvgIpc) is 3.07. The largest absolute Gasteiger partial charge is 0.301 e. The normalized spacial score (nSPS) is 12.4. The molecule has 2 heterocycles. The van der Waals surface area contributed by atoms with Crippen LogP contribution in [0.1, 0.15) is 17.7 Å².